The van der Waals surface area contributed by atoms with Crippen molar-refractivity contribution in [2.24, 2.45) is 0 Å². The zero-order valence-corrected chi connectivity index (χ0v) is 10.9. The standard InChI is InChI=1S/C13H16N4O2/c1-9-7-11(14-5-6-18)17-13(16-9)10-3-4-12(19-2)15-8-10/h3-4,7-8,18H,5-6H2,1-2H3,(H,14,16,17). The first-order valence-corrected chi connectivity index (χ1v) is 5.94. The fourth-order valence-electron chi connectivity index (χ4n) is 1.61. The minimum absolute atomic E-state index is 0.0580. The largest absolute Gasteiger partial charge is 0.481 e. The molecule has 6 nitrogen and oxygen atoms in total. The summed E-state index contributed by atoms with van der Waals surface area (Å²) in [5.74, 6) is 1.83. The van der Waals surface area contributed by atoms with Gasteiger partial charge in [0.1, 0.15) is 5.82 Å². The Morgan fingerprint density at radius 2 is 2.16 bits per heavy atom. The summed E-state index contributed by atoms with van der Waals surface area (Å²) >= 11 is 0. The van der Waals surface area contributed by atoms with E-state index in [9.17, 15) is 0 Å². The average molecular weight is 260 g/mol. The number of aliphatic hydroxyl groups is 1. The Morgan fingerprint density at radius 1 is 1.32 bits per heavy atom. The van der Waals surface area contributed by atoms with Gasteiger partial charge in [-0.2, -0.15) is 0 Å². The van der Waals surface area contributed by atoms with Crippen LogP contribution in [0.3, 0.4) is 0 Å². The lowest BCUT2D eigenvalue weighted by Crippen LogP contribution is -2.08. The molecule has 2 N–H and O–H groups in total. The van der Waals surface area contributed by atoms with Gasteiger partial charge in [-0.05, 0) is 13.0 Å². The van der Waals surface area contributed by atoms with Gasteiger partial charge in [0.2, 0.25) is 5.88 Å². The predicted octanol–water partition coefficient (Wildman–Crippen LogP) is 1.26. The molecule has 0 unspecified atom stereocenters. The van der Waals surface area contributed by atoms with E-state index in [4.69, 9.17) is 9.84 Å². The number of ether oxygens (including phenoxy) is 1. The Bertz CT molecular complexity index is 543. The molecule has 0 radical (unpaired) electrons. The van der Waals surface area contributed by atoms with Crippen molar-refractivity contribution in [3.63, 3.8) is 0 Å². The Morgan fingerprint density at radius 3 is 2.79 bits per heavy atom. The quantitative estimate of drug-likeness (QED) is 0.842. The molecule has 0 saturated heterocycles. The van der Waals surface area contributed by atoms with Gasteiger partial charge in [-0.1, -0.05) is 0 Å². The van der Waals surface area contributed by atoms with E-state index in [1.165, 1.54) is 0 Å². The third-order valence-electron chi connectivity index (χ3n) is 2.48. The van der Waals surface area contributed by atoms with E-state index in [1.807, 2.05) is 19.1 Å². The summed E-state index contributed by atoms with van der Waals surface area (Å²) in [4.78, 5) is 12.9. The maximum absolute atomic E-state index is 8.81. The Kier molecular flexibility index (Phi) is 4.25. The molecule has 2 heterocycles. The molecule has 0 atom stereocenters. The maximum atomic E-state index is 8.81. The van der Waals surface area contributed by atoms with Crippen molar-refractivity contribution < 1.29 is 9.84 Å². The molecule has 0 saturated carbocycles. The zero-order valence-electron chi connectivity index (χ0n) is 10.9. The molecule has 0 aliphatic heterocycles. The summed E-state index contributed by atoms with van der Waals surface area (Å²) in [7, 11) is 1.57. The van der Waals surface area contributed by atoms with Crippen LogP contribution < -0.4 is 10.1 Å². The third-order valence-corrected chi connectivity index (χ3v) is 2.48. The number of aromatic nitrogens is 3. The number of pyridine rings is 1. The van der Waals surface area contributed by atoms with Crippen molar-refractivity contribution in [2.75, 3.05) is 25.6 Å². The third kappa shape index (κ3) is 3.38. The highest BCUT2D eigenvalue weighted by atomic mass is 16.5. The highest BCUT2D eigenvalue weighted by Gasteiger charge is 2.05. The monoisotopic (exact) mass is 260 g/mol. The SMILES string of the molecule is COc1ccc(-c2nc(C)cc(NCCO)n2)cn1. The van der Waals surface area contributed by atoms with Gasteiger partial charge in [0, 0.05) is 36.1 Å². The van der Waals surface area contributed by atoms with Crippen LogP contribution in [0.15, 0.2) is 24.4 Å². The van der Waals surface area contributed by atoms with Crippen LogP contribution in [0.5, 0.6) is 5.88 Å². The number of methoxy groups -OCH3 is 1. The van der Waals surface area contributed by atoms with Crippen LogP contribution in [0.2, 0.25) is 0 Å². The van der Waals surface area contributed by atoms with Crippen LogP contribution in [0, 0.1) is 6.92 Å². The number of nitrogens with zero attached hydrogens (tertiary/aromatic N) is 3. The molecule has 0 spiro atoms. The van der Waals surface area contributed by atoms with Crippen LogP contribution in [-0.4, -0.2) is 40.3 Å². The summed E-state index contributed by atoms with van der Waals surface area (Å²) in [5.41, 5.74) is 1.66. The highest BCUT2D eigenvalue weighted by molar-refractivity contribution is 5.56. The Labute approximate surface area is 111 Å². The molecule has 0 amide bonds. The molecule has 0 fully saturated rings. The zero-order chi connectivity index (χ0) is 13.7. The normalized spacial score (nSPS) is 10.3. The van der Waals surface area contributed by atoms with Gasteiger partial charge in [-0.25, -0.2) is 15.0 Å². The predicted molar refractivity (Wildman–Crippen MR) is 72.1 cm³/mol. The van der Waals surface area contributed by atoms with Crippen LogP contribution in [0.25, 0.3) is 11.4 Å². The summed E-state index contributed by atoms with van der Waals surface area (Å²) in [6.07, 6.45) is 1.67. The first-order valence-electron chi connectivity index (χ1n) is 5.94. The van der Waals surface area contributed by atoms with Gasteiger partial charge in [-0.15, -0.1) is 0 Å². The van der Waals surface area contributed by atoms with Crippen molar-refractivity contribution in [1.82, 2.24) is 15.0 Å². The molecule has 0 aliphatic carbocycles. The van der Waals surface area contributed by atoms with E-state index in [-0.39, 0.29) is 6.61 Å². The van der Waals surface area contributed by atoms with Crippen molar-refractivity contribution >= 4 is 5.82 Å². The van der Waals surface area contributed by atoms with Gasteiger partial charge in [0.15, 0.2) is 5.82 Å². The molecule has 100 valence electrons. The number of hydrogen-bond donors (Lipinski definition) is 2. The number of nitrogens with one attached hydrogen (secondary N) is 1. The maximum Gasteiger partial charge on any atom is 0.212 e. The summed E-state index contributed by atoms with van der Waals surface area (Å²) in [6, 6.07) is 5.45. The molecular formula is C13H16N4O2. The second-order valence-corrected chi connectivity index (χ2v) is 3.96. The van der Waals surface area contributed by atoms with Crippen LogP contribution in [-0.2, 0) is 0 Å². The van der Waals surface area contributed by atoms with Gasteiger partial charge in [0.05, 0.1) is 13.7 Å². The topological polar surface area (TPSA) is 80.2 Å². The van der Waals surface area contributed by atoms with E-state index in [1.54, 1.807) is 19.4 Å². The minimum atomic E-state index is 0.0580. The van der Waals surface area contributed by atoms with Crippen molar-refractivity contribution in [1.29, 1.82) is 0 Å². The number of hydrogen-bond acceptors (Lipinski definition) is 6. The van der Waals surface area contributed by atoms with E-state index in [0.717, 1.165) is 11.3 Å². The smallest absolute Gasteiger partial charge is 0.212 e. The Hall–Kier alpha value is -2.21. The van der Waals surface area contributed by atoms with Gasteiger partial charge in [-0.3, -0.25) is 0 Å². The second-order valence-electron chi connectivity index (χ2n) is 3.96. The lowest BCUT2D eigenvalue weighted by molar-refractivity contribution is 0.311. The van der Waals surface area contributed by atoms with E-state index in [0.29, 0.717) is 24.1 Å². The van der Waals surface area contributed by atoms with Gasteiger partial charge < -0.3 is 15.2 Å². The van der Waals surface area contributed by atoms with Crippen molar-refractivity contribution in [3.05, 3.63) is 30.1 Å². The highest BCUT2D eigenvalue weighted by Crippen LogP contribution is 2.18. The van der Waals surface area contributed by atoms with Crippen LogP contribution in [0.1, 0.15) is 5.69 Å². The molecule has 0 aliphatic rings. The molecule has 19 heavy (non-hydrogen) atoms. The molecule has 6 heteroatoms. The lowest BCUT2D eigenvalue weighted by Gasteiger charge is -2.07. The molecule has 0 bridgehead atoms. The summed E-state index contributed by atoms with van der Waals surface area (Å²) < 4.78 is 5.01. The second kappa shape index (κ2) is 6.10. The van der Waals surface area contributed by atoms with Gasteiger partial charge >= 0.3 is 0 Å². The van der Waals surface area contributed by atoms with E-state index >= 15 is 0 Å². The van der Waals surface area contributed by atoms with Crippen LogP contribution in [0.4, 0.5) is 5.82 Å². The molecule has 0 aromatic carbocycles. The molecular weight excluding hydrogens is 244 g/mol. The molecule has 2 aromatic rings. The first-order chi connectivity index (χ1) is 9.22. The fraction of sp³-hybridized carbons (Fsp3) is 0.308. The van der Waals surface area contributed by atoms with E-state index in [2.05, 4.69) is 20.3 Å². The number of rotatable bonds is 5. The Balaban J connectivity index is 2.29. The molecule has 2 aromatic heterocycles. The summed E-state index contributed by atoms with van der Waals surface area (Å²) in [6.45, 7) is 2.41. The summed E-state index contributed by atoms with van der Waals surface area (Å²) in [5, 5.41) is 11.8. The molecule has 2 rings (SSSR count). The average Bonchev–Trinajstić information content (AvgIpc) is 2.44. The fourth-order valence-corrected chi connectivity index (χ4v) is 1.61. The number of anilines is 1. The van der Waals surface area contributed by atoms with Gasteiger partial charge in [0.25, 0.3) is 0 Å². The number of aryl methyl sites for hydroxylation is 1. The van der Waals surface area contributed by atoms with E-state index < -0.39 is 0 Å². The first kappa shape index (κ1) is 13.2. The van der Waals surface area contributed by atoms with Crippen LogP contribution >= 0.6 is 0 Å². The number of aliphatic hydroxyl groups excluding tert-OH is 1. The van der Waals surface area contributed by atoms with Crippen molar-refractivity contribution in [3.8, 4) is 17.3 Å². The van der Waals surface area contributed by atoms with Crippen molar-refractivity contribution in [2.45, 2.75) is 6.92 Å². The lowest BCUT2D eigenvalue weighted by atomic mass is 10.2. The minimum Gasteiger partial charge on any atom is -0.481 e.